The Morgan fingerprint density at radius 1 is 0.184 bits per heavy atom. The molecule has 2 nitrogen and oxygen atoms in total. The average Bonchev–Trinajstić information content (AvgIpc) is 1.52. The molecule has 0 atom stereocenters. The molecule has 458 valence electrons. The molecule has 0 fully saturated rings. The third kappa shape index (κ3) is 8.54. The standard InChI is InChI=1S/C96H64N2/c1-3-63-20-17-22-69(58-63)65-38-48-73(49-39-65)97(75-52-42-67(43-53-75)71-46-56-85-83-30-9-15-36-91(83)95(93(85)60-71)87-32-11-5-26-79(87)80-27-6-12-33-88(80)95)77-24-19-25-78(62-77)98(74-50-40-66(41-51-74)70-23-18-21-64(4-2)59-70)76-54-44-68(45-55-76)72-47-57-86-84-31-10-16-37-92(84)96(94(86)61-72)89-34-13-7-28-81(89)82-29-8-14-35-90(82)96/h3-62H,1-2H2. The van der Waals surface area contributed by atoms with Gasteiger partial charge in [-0.3, -0.25) is 0 Å². The number of hydrogen-bond acceptors (Lipinski definition) is 2. The Kier molecular flexibility index (Phi) is 13.1. The molecule has 19 rings (SSSR count). The molecule has 0 aromatic heterocycles. The van der Waals surface area contributed by atoms with Crippen LogP contribution in [0.5, 0.6) is 0 Å². The molecule has 4 aliphatic carbocycles. The van der Waals surface area contributed by atoms with Crippen molar-refractivity contribution in [3.8, 4) is 89.0 Å². The van der Waals surface area contributed by atoms with Crippen molar-refractivity contribution in [2.75, 3.05) is 9.80 Å². The first-order valence-corrected chi connectivity index (χ1v) is 33.9. The number of anilines is 6. The van der Waals surface area contributed by atoms with Gasteiger partial charge in [0, 0.05) is 34.1 Å². The minimum Gasteiger partial charge on any atom is -0.310 e. The maximum Gasteiger partial charge on any atom is 0.0725 e. The van der Waals surface area contributed by atoms with Gasteiger partial charge in [0.25, 0.3) is 0 Å². The van der Waals surface area contributed by atoms with Gasteiger partial charge in [0.05, 0.1) is 10.8 Å². The largest absolute Gasteiger partial charge is 0.310 e. The van der Waals surface area contributed by atoms with Gasteiger partial charge in [0.1, 0.15) is 0 Å². The molecule has 0 heterocycles. The van der Waals surface area contributed by atoms with Gasteiger partial charge in [-0.05, 0) is 236 Å². The molecule has 98 heavy (non-hydrogen) atoms. The van der Waals surface area contributed by atoms with Crippen LogP contribution < -0.4 is 9.80 Å². The van der Waals surface area contributed by atoms with Gasteiger partial charge >= 0.3 is 0 Å². The fourth-order valence-corrected chi connectivity index (χ4v) is 17.1. The van der Waals surface area contributed by atoms with Crippen LogP contribution in [0.3, 0.4) is 0 Å². The van der Waals surface area contributed by atoms with E-state index >= 15 is 0 Å². The van der Waals surface area contributed by atoms with Crippen LogP contribution in [0.25, 0.3) is 101 Å². The fraction of sp³-hybridized carbons (Fsp3) is 0.0208. The van der Waals surface area contributed by atoms with E-state index < -0.39 is 10.8 Å². The monoisotopic (exact) mass is 1240 g/mol. The smallest absolute Gasteiger partial charge is 0.0725 e. The Balaban J connectivity index is 0.726. The van der Waals surface area contributed by atoms with Gasteiger partial charge in [-0.25, -0.2) is 0 Å². The zero-order chi connectivity index (χ0) is 65.1. The molecule has 2 spiro atoms. The van der Waals surface area contributed by atoms with E-state index in [-0.39, 0.29) is 0 Å². The van der Waals surface area contributed by atoms with E-state index in [1.54, 1.807) is 0 Å². The minimum absolute atomic E-state index is 0.429. The molecule has 2 heteroatoms. The molecular formula is C96H64N2. The zero-order valence-corrected chi connectivity index (χ0v) is 53.9. The summed E-state index contributed by atoms with van der Waals surface area (Å²) in [6.07, 6.45) is 3.82. The molecule has 0 radical (unpaired) electrons. The van der Waals surface area contributed by atoms with Gasteiger partial charge in [0.2, 0.25) is 0 Å². The fourth-order valence-electron chi connectivity index (χ4n) is 17.1. The predicted octanol–water partition coefficient (Wildman–Crippen LogP) is 25.3. The lowest BCUT2D eigenvalue weighted by Crippen LogP contribution is -2.25. The van der Waals surface area contributed by atoms with Crippen molar-refractivity contribution in [1.82, 2.24) is 0 Å². The Morgan fingerprint density at radius 2 is 0.429 bits per heavy atom. The predicted molar refractivity (Wildman–Crippen MR) is 410 cm³/mol. The molecule has 15 aromatic carbocycles. The molecule has 0 aliphatic heterocycles. The van der Waals surface area contributed by atoms with Crippen molar-refractivity contribution in [3.63, 3.8) is 0 Å². The highest BCUT2D eigenvalue weighted by molar-refractivity contribution is 5.98. The van der Waals surface area contributed by atoms with Crippen LogP contribution in [-0.2, 0) is 10.8 Å². The summed E-state index contributed by atoms with van der Waals surface area (Å²) in [5, 5.41) is 0. The molecule has 0 saturated carbocycles. The minimum atomic E-state index is -0.429. The van der Waals surface area contributed by atoms with Crippen LogP contribution in [0.2, 0.25) is 0 Å². The Bertz CT molecular complexity index is 5250. The highest BCUT2D eigenvalue weighted by Gasteiger charge is 2.53. The molecule has 15 aromatic rings. The highest BCUT2D eigenvalue weighted by atomic mass is 15.2. The lowest BCUT2D eigenvalue weighted by Gasteiger charge is -2.31. The molecule has 4 aliphatic rings. The summed E-state index contributed by atoms with van der Waals surface area (Å²) in [6.45, 7) is 8.15. The molecule has 0 saturated heterocycles. The molecule has 0 N–H and O–H groups in total. The van der Waals surface area contributed by atoms with Crippen molar-refractivity contribution in [1.29, 1.82) is 0 Å². The summed E-state index contributed by atoms with van der Waals surface area (Å²) in [5.41, 5.74) is 37.9. The van der Waals surface area contributed by atoms with E-state index in [4.69, 9.17) is 0 Å². The van der Waals surface area contributed by atoms with Gasteiger partial charge in [-0.1, -0.05) is 286 Å². The van der Waals surface area contributed by atoms with E-state index in [0.717, 1.165) is 78.6 Å². The maximum atomic E-state index is 4.08. The second-order valence-corrected chi connectivity index (χ2v) is 26.3. The number of nitrogens with zero attached hydrogens (tertiary/aromatic N) is 2. The van der Waals surface area contributed by atoms with E-state index in [0.29, 0.717) is 0 Å². The summed E-state index contributed by atoms with van der Waals surface area (Å²) >= 11 is 0. The SMILES string of the molecule is C=Cc1cccc(-c2ccc(N(c3ccc(-c4ccc5c(c4)C4(c6ccccc6-c6ccccc64)c4ccccc4-5)cc3)c3cccc(N(c4ccc(-c5cccc(C=C)c5)cc4)c4ccc(-c5ccc6c(c5)C5(c7ccccc7-c7ccccc75)c5ccccc5-6)cc4)c3)cc2)c1. The summed E-state index contributed by atoms with van der Waals surface area (Å²) in [5.74, 6) is 0. The van der Waals surface area contributed by atoms with Gasteiger partial charge in [-0.15, -0.1) is 0 Å². The van der Waals surface area contributed by atoms with Crippen LogP contribution >= 0.6 is 0 Å². The summed E-state index contributed by atoms with van der Waals surface area (Å²) in [4.78, 5) is 4.80. The van der Waals surface area contributed by atoms with Crippen LogP contribution in [0.4, 0.5) is 34.1 Å². The number of benzene rings is 15. The number of rotatable bonds is 12. The average molecular weight is 1250 g/mol. The molecule has 0 unspecified atom stereocenters. The normalized spacial score (nSPS) is 13.1. The second kappa shape index (κ2) is 22.5. The van der Waals surface area contributed by atoms with Gasteiger partial charge < -0.3 is 9.80 Å². The van der Waals surface area contributed by atoms with E-state index in [1.807, 2.05) is 12.2 Å². The highest BCUT2D eigenvalue weighted by Crippen LogP contribution is 2.65. The van der Waals surface area contributed by atoms with Crippen LogP contribution in [0.15, 0.2) is 365 Å². The van der Waals surface area contributed by atoms with Crippen molar-refractivity contribution >= 4 is 46.3 Å². The van der Waals surface area contributed by atoms with E-state index in [1.165, 1.54) is 100 Å². The summed E-state index contributed by atoms with van der Waals surface area (Å²) in [6, 6.07) is 131. The molecular weight excluding hydrogens is 1180 g/mol. The summed E-state index contributed by atoms with van der Waals surface area (Å²) in [7, 11) is 0. The van der Waals surface area contributed by atoms with Crippen LogP contribution in [0, 0.1) is 0 Å². The number of hydrogen-bond donors (Lipinski definition) is 0. The quantitative estimate of drug-likeness (QED) is 0.120. The first kappa shape index (κ1) is 56.9. The maximum absolute atomic E-state index is 4.08. The van der Waals surface area contributed by atoms with Crippen molar-refractivity contribution in [2.45, 2.75) is 10.8 Å². The van der Waals surface area contributed by atoms with Gasteiger partial charge in [-0.2, -0.15) is 0 Å². The topological polar surface area (TPSA) is 6.48 Å². The third-order valence-electron chi connectivity index (χ3n) is 21.4. The Hall–Kier alpha value is -12.6. The van der Waals surface area contributed by atoms with Crippen molar-refractivity contribution < 1.29 is 0 Å². The van der Waals surface area contributed by atoms with Crippen LogP contribution in [-0.4, -0.2) is 0 Å². The Morgan fingerprint density at radius 3 is 0.714 bits per heavy atom. The van der Waals surface area contributed by atoms with Gasteiger partial charge in [0.15, 0.2) is 0 Å². The number of fused-ring (bicyclic) bond motifs is 20. The van der Waals surface area contributed by atoms with Crippen molar-refractivity contribution in [2.24, 2.45) is 0 Å². The molecule has 0 amide bonds. The van der Waals surface area contributed by atoms with E-state index in [9.17, 15) is 0 Å². The lowest BCUT2D eigenvalue weighted by molar-refractivity contribution is 0.794. The van der Waals surface area contributed by atoms with Crippen LogP contribution in [0.1, 0.15) is 55.6 Å². The first-order chi connectivity index (χ1) is 48.5. The third-order valence-corrected chi connectivity index (χ3v) is 21.4. The lowest BCUT2D eigenvalue weighted by atomic mass is 9.70. The summed E-state index contributed by atoms with van der Waals surface area (Å²) < 4.78 is 0. The van der Waals surface area contributed by atoms with E-state index in [2.05, 4.69) is 375 Å². The van der Waals surface area contributed by atoms with Crippen molar-refractivity contribution in [3.05, 3.63) is 421 Å². The molecule has 0 bridgehead atoms. The Labute approximate surface area is 573 Å². The first-order valence-electron chi connectivity index (χ1n) is 33.9. The zero-order valence-electron chi connectivity index (χ0n) is 53.9. The second-order valence-electron chi connectivity index (χ2n) is 26.3.